The smallest absolute Gasteiger partial charge is 0.258 e. The Morgan fingerprint density at radius 3 is 2.48 bits per heavy atom. The van der Waals surface area contributed by atoms with Gasteiger partial charge in [0.25, 0.3) is 5.69 Å². The van der Waals surface area contributed by atoms with Crippen LogP contribution in [-0.2, 0) is 10.0 Å². The lowest BCUT2D eigenvalue weighted by Crippen LogP contribution is -2.12. The van der Waals surface area contributed by atoms with Crippen LogP contribution in [0.5, 0.6) is 0 Å². The second-order valence-electron chi connectivity index (χ2n) is 4.76. The molecule has 1 aliphatic rings. The van der Waals surface area contributed by atoms with Gasteiger partial charge in [0.15, 0.2) is 0 Å². The Morgan fingerprint density at radius 2 is 1.81 bits per heavy atom. The zero-order valence-electron chi connectivity index (χ0n) is 10.9. The van der Waals surface area contributed by atoms with Gasteiger partial charge < -0.3 is 0 Å². The first-order chi connectivity index (χ1) is 10.00. The van der Waals surface area contributed by atoms with Crippen molar-refractivity contribution in [1.82, 2.24) is 4.31 Å². The Kier molecular flexibility index (Phi) is 3.23. The fourth-order valence-electron chi connectivity index (χ4n) is 2.23. The average molecular weight is 304 g/mol. The highest BCUT2D eigenvalue weighted by Gasteiger charge is 2.45. The van der Waals surface area contributed by atoms with Gasteiger partial charge in [-0.05, 0) is 17.7 Å². The van der Waals surface area contributed by atoms with Gasteiger partial charge in [0.05, 0.1) is 15.9 Å². The molecule has 1 unspecified atom stereocenters. The first-order valence-corrected chi connectivity index (χ1v) is 7.75. The van der Waals surface area contributed by atoms with E-state index in [4.69, 9.17) is 0 Å². The third-order valence-electron chi connectivity index (χ3n) is 3.38. The quantitative estimate of drug-likeness (QED) is 0.493. The first kappa shape index (κ1) is 13.7. The summed E-state index contributed by atoms with van der Waals surface area (Å²) in [5.74, 6) is 0. The zero-order valence-corrected chi connectivity index (χ0v) is 11.7. The molecule has 6 nitrogen and oxygen atoms in total. The van der Waals surface area contributed by atoms with Crippen molar-refractivity contribution in [2.75, 3.05) is 6.54 Å². The highest BCUT2D eigenvalue weighted by Crippen LogP contribution is 2.40. The van der Waals surface area contributed by atoms with E-state index in [1.54, 1.807) is 30.3 Å². The molecule has 7 heteroatoms. The van der Waals surface area contributed by atoms with E-state index in [0.717, 1.165) is 0 Å². The summed E-state index contributed by atoms with van der Waals surface area (Å²) in [5, 5.41) is 10.8. The van der Waals surface area contributed by atoms with Gasteiger partial charge in [-0.3, -0.25) is 10.1 Å². The third-order valence-corrected chi connectivity index (χ3v) is 5.27. The van der Waals surface area contributed by atoms with Crippen molar-refractivity contribution in [3.63, 3.8) is 0 Å². The maximum absolute atomic E-state index is 12.4. The lowest BCUT2D eigenvalue weighted by molar-refractivity contribution is -0.384. The molecule has 3 rings (SSSR count). The van der Waals surface area contributed by atoms with E-state index in [2.05, 4.69) is 0 Å². The predicted octanol–water partition coefficient (Wildman–Crippen LogP) is 2.34. The van der Waals surface area contributed by atoms with Crippen molar-refractivity contribution in [3.8, 4) is 0 Å². The molecule has 0 N–H and O–H groups in total. The number of non-ortho nitro benzene ring substituents is 1. The van der Waals surface area contributed by atoms with Crippen LogP contribution in [0.15, 0.2) is 59.5 Å². The molecule has 21 heavy (non-hydrogen) atoms. The molecule has 0 amide bonds. The van der Waals surface area contributed by atoms with Gasteiger partial charge in [0.2, 0.25) is 10.0 Å². The van der Waals surface area contributed by atoms with Crippen LogP contribution in [0.25, 0.3) is 0 Å². The largest absolute Gasteiger partial charge is 0.269 e. The molecule has 0 bridgehead atoms. The Hall–Kier alpha value is -2.25. The maximum atomic E-state index is 12.4. The van der Waals surface area contributed by atoms with Crippen molar-refractivity contribution in [2.24, 2.45) is 0 Å². The van der Waals surface area contributed by atoms with Crippen LogP contribution in [0.4, 0.5) is 5.69 Å². The number of hydrogen-bond donors (Lipinski definition) is 0. The Morgan fingerprint density at radius 1 is 1.10 bits per heavy atom. The number of nitrogens with zero attached hydrogens (tertiary/aromatic N) is 2. The van der Waals surface area contributed by atoms with Gasteiger partial charge in [-0.25, -0.2) is 8.42 Å². The molecule has 0 radical (unpaired) electrons. The fourth-order valence-corrected chi connectivity index (χ4v) is 3.80. The molecule has 2 aromatic rings. The molecule has 0 aromatic heterocycles. The molecule has 0 aliphatic carbocycles. The topological polar surface area (TPSA) is 80.3 Å². The van der Waals surface area contributed by atoms with E-state index in [1.807, 2.05) is 0 Å². The minimum absolute atomic E-state index is 0.0311. The number of rotatable bonds is 4. The second kappa shape index (κ2) is 4.94. The van der Waals surface area contributed by atoms with Gasteiger partial charge >= 0.3 is 0 Å². The molecular weight excluding hydrogens is 292 g/mol. The van der Waals surface area contributed by atoms with Crippen LogP contribution >= 0.6 is 0 Å². The van der Waals surface area contributed by atoms with Gasteiger partial charge in [0, 0.05) is 18.7 Å². The predicted molar refractivity (Wildman–Crippen MR) is 76.2 cm³/mol. The van der Waals surface area contributed by atoms with Gasteiger partial charge in [-0.15, -0.1) is 0 Å². The number of nitro benzene ring substituents is 1. The Labute approximate surface area is 121 Å². The minimum Gasteiger partial charge on any atom is -0.258 e. The molecule has 108 valence electrons. The van der Waals surface area contributed by atoms with Gasteiger partial charge in [0.1, 0.15) is 0 Å². The lowest BCUT2D eigenvalue weighted by atomic mass is 10.1. The number of hydrogen-bond acceptors (Lipinski definition) is 4. The van der Waals surface area contributed by atoms with Crippen LogP contribution in [0, 0.1) is 10.1 Å². The van der Waals surface area contributed by atoms with E-state index in [1.165, 1.54) is 28.6 Å². The van der Waals surface area contributed by atoms with Crippen LogP contribution in [0.2, 0.25) is 0 Å². The average Bonchev–Trinajstić information content (AvgIpc) is 3.29. The van der Waals surface area contributed by atoms with Crippen molar-refractivity contribution in [1.29, 1.82) is 0 Å². The molecule has 0 saturated carbocycles. The number of benzene rings is 2. The van der Waals surface area contributed by atoms with Gasteiger partial charge in [-0.1, -0.05) is 30.3 Å². The summed E-state index contributed by atoms with van der Waals surface area (Å²) >= 11 is 0. The summed E-state index contributed by atoms with van der Waals surface area (Å²) < 4.78 is 26.1. The molecule has 1 saturated heterocycles. The Balaban J connectivity index is 1.87. The molecule has 2 atom stereocenters. The summed E-state index contributed by atoms with van der Waals surface area (Å²) in [6.07, 6.45) is 0. The van der Waals surface area contributed by atoms with E-state index in [0.29, 0.717) is 12.1 Å². The van der Waals surface area contributed by atoms with Crippen molar-refractivity contribution >= 4 is 15.7 Å². The summed E-state index contributed by atoms with van der Waals surface area (Å²) in [5.41, 5.74) is 0.611. The number of nitro groups is 1. The molecular formula is C14H12N2O4S. The SMILES string of the molecule is O=[N+]([O-])c1cccc([C@H]2CN2S(=O)(=O)c2ccccc2)c1. The van der Waals surface area contributed by atoms with Crippen molar-refractivity contribution < 1.29 is 13.3 Å². The van der Waals surface area contributed by atoms with E-state index in [-0.39, 0.29) is 16.6 Å². The molecule has 0 spiro atoms. The molecule has 1 fully saturated rings. The Bertz CT molecular complexity index is 790. The highest BCUT2D eigenvalue weighted by atomic mass is 32.2. The third kappa shape index (κ3) is 2.53. The van der Waals surface area contributed by atoms with Crippen LogP contribution in [0.1, 0.15) is 11.6 Å². The fraction of sp³-hybridized carbons (Fsp3) is 0.143. The van der Waals surface area contributed by atoms with Crippen molar-refractivity contribution in [2.45, 2.75) is 10.9 Å². The maximum Gasteiger partial charge on any atom is 0.269 e. The second-order valence-corrected chi connectivity index (χ2v) is 6.65. The lowest BCUT2D eigenvalue weighted by Gasteiger charge is -2.06. The number of sulfonamides is 1. The zero-order chi connectivity index (χ0) is 15.0. The van der Waals surface area contributed by atoms with Crippen LogP contribution < -0.4 is 0 Å². The minimum atomic E-state index is -3.53. The van der Waals surface area contributed by atoms with Crippen LogP contribution in [0.3, 0.4) is 0 Å². The van der Waals surface area contributed by atoms with E-state index >= 15 is 0 Å². The summed E-state index contributed by atoms with van der Waals surface area (Å²) in [6.45, 7) is 0.346. The summed E-state index contributed by atoms with van der Waals surface area (Å²) in [7, 11) is -3.53. The van der Waals surface area contributed by atoms with Crippen molar-refractivity contribution in [3.05, 3.63) is 70.3 Å². The first-order valence-electron chi connectivity index (χ1n) is 6.31. The summed E-state index contributed by atoms with van der Waals surface area (Å²) in [6, 6.07) is 13.9. The molecule has 1 aliphatic heterocycles. The monoisotopic (exact) mass is 304 g/mol. The van der Waals surface area contributed by atoms with Crippen LogP contribution in [-0.4, -0.2) is 24.2 Å². The standard InChI is InChI=1S/C14H12N2O4S/c17-16(18)12-6-4-5-11(9-12)14-10-15(14)21(19,20)13-7-2-1-3-8-13/h1-9,14H,10H2/t14-,15?/m1/s1. The molecule has 1 heterocycles. The van der Waals surface area contributed by atoms with E-state index < -0.39 is 14.9 Å². The van der Waals surface area contributed by atoms with E-state index in [9.17, 15) is 18.5 Å². The highest BCUT2D eigenvalue weighted by molar-refractivity contribution is 7.89. The molecule has 2 aromatic carbocycles. The summed E-state index contributed by atoms with van der Waals surface area (Å²) in [4.78, 5) is 10.5. The van der Waals surface area contributed by atoms with Gasteiger partial charge in [-0.2, -0.15) is 4.31 Å². The normalized spacial score (nSPS) is 21.0.